The predicted molar refractivity (Wildman–Crippen MR) is 100 cm³/mol. The summed E-state index contributed by atoms with van der Waals surface area (Å²) in [6.07, 6.45) is 0. The Morgan fingerprint density at radius 2 is 1.58 bits per heavy atom. The van der Waals surface area contributed by atoms with E-state index in [4.69, 9.17) is 32.7 Å². The standard InChI is InChI=1S/C18H18Cl2N2O4/c1-25-13-4-2-12(3-5-13)18(24)22-9-8-21-17(23)11-26-14-6-7-15(19)16(20)10-14/h2-7,10H,8-9,11H2,1H3,(H,21,23)(H,22,24). The number of methoxy groups -OCH3 is 1. The molecule has 0 heterocycles. The van der Waals surface area contributed by atoms with E-state index in [2.05, 4.69) is 10.6 Å². The van der Waals surface area contributed by atoms with E-state index in [-0.39, 0.29) is 25.0 Å². The highest BCUT2D eigenvalue weighted by atomic mass is 35.5. The second kappa shape index (κ2) is 9.89. The quantitative estimate of drug-likeness (QED) is 0.672. The highest BCUT2D eigenvalue weighted by Crippen LogP contribution is 2.26. The van der Waals surface area contributed by atoms with Crippen LogP contribution in [0.4, 0.5) is 0 Å². The molecule has 8 heteroatoms. The van der Waals surface area contributed by atoms with Gasteiger partial charge in [-0.1, -0.05) is 23.2 Å². The summed E-state index contributed by atoms with van der Waals surface area (Å²) in [5.41, 5.74) is 0.514. The molecule has 2 aromatic rings. The summed E-state index contributed by atoms with van der Waals surface area (Å²) in [4.78, 5) is 23.7. The van der Waals surface area contributed by atoms with Gasteiger partial charge in [-0.2, -0.15) is 0 Å². The van der Waals surface area contributed by atoms with Crippen molar-refractivity contribution in [2.24, 2.45) is 0 Å². The minimum Gasteiger partial charge on any atom is -0.497 e. The number of ether oxygens (including phenoxy) is 2. The smallest absolute Gasteiger partial charge is 0.258 e. The highest BCUT2D eigenvalue weighted by Gasteiger charge is 2.07. The molecule has 6 nitrogen and oxygen atoms in total. The minimum atomic E-state index is -0.310. The number of halogens is 2. The lowest BCUT2D eigenvalue weighted by Gasteiger charge is -2.09. The fraction of sp³-hybridized carbons (Fsp3) is 0.222. The monoisotopic (exact) mass is 396 g/mol. The topological polar surface area (TPSA) is 76.7 Å². The van der Waals surface area contributed by atoms with Crippen LogP contribution in [0.2, 0.25) is 10.0 Å². The Bertz CT molecular complexity index is 766. The molecule has 0 saturated heterocycles. The molecule has 2 amide bonds. The molecule has 2 N–H and O–H groups in total. The first-order valence-electron chi connectivity index (χ1n) is 7.76. The van der Waals surface area contributed by atoms with E-state index in [0.717, 1.165) is 0 Å². The molecule has 0 unspecified atom stereocenters. The van der Waals surface area contributed by atoms with Crippen molar-refractivity contribution in [2.75, 3.05) is 26.8 Å². The van der Waals surface area contributed by atoms with Gasteiger partial charge in [0.15, 0.2) is 6.61 Å². The first-order chi connectivity index (χ1) is 12.5. The van der Waals surface area contributed by atoms with Gasteiger partial charge in [0.2, 0.25) is 0 Å². The molecule has 0 aliphatic heterocycles. The SMILES string of the molecule is COc1ccc(C(=O)NCCNC(=O)COc2ccc(Cl)c(Cl)c2)cc1. The van der Waals surface area contributed by atoms with Crippen LogP contribution in [0.3, 0.4) is 0 Å². The molecule has 0 atom stereocenters. The molecule has 0 aliphatic rings. The third-order valence-electron chi connectivity index (χ3n) is 3.35. The molecule has 0 saturated carbocycles. The van der Waals surface area contributed by atoms with Gasteiger partial charge >= 0.3 is 0 Å². The zero-order valence-corrected chi connectivity index (χ0v) is 15.6. The Morgan fingerprint density at radius 1 is 0.923 bits per heavy atom. The highest BCUT2D eigenvalue weighted by molar-refractivity contribution is 6.42. The number of benzene rings is 2. The lowest BCUT2D eigenvalue weighted by molar-refractivity contribution is -0.123. The molecule has 138 valence electrons. The molecule has 26 heavy (non-hydrogen) atoms. The summed E-state index contributed by atoms with van der Waals surface area (Å²) in [7, 11) is 1.56. The van der Waals surface area contributed by atoms with E-state index in [1.165, 1.54) is 6.07 Å². The van der Waals surface area contributed by atoms with Crippen LogP contribution in [-0.2, 0) is 4.79 Å². The van der Waals surface area contributed by atoms with Crippen molar-refractivity contribution in [1.82, 2.24) is 10.6 Å². The summed E-state index contributed by atoms with van der Waals surface area (Å²) in [6.45, 7) is 0.416. The van der Waals surface area contributed by atoms with Crippen molar-refractivity contribution in [3.8, 4) is 11.5 Å². The number of amides is 2. The van der Waals surface area contributed by atoms with Gasteiger partial charge in [-0.3, -0.25) is 9.59 Å². The van der Waals surface area contributed by atoms with Gasteiger partial charge in [-0.05, 0) is 36.4 Å². The van der Waals surface area contributed by atoms with E-state index in [9.17, 15) is 9.59 Å². The molecular weight excluding hydrogens is 379 g/mol. The largest absolute Gasteiger partial charge is 0.497 e. The summed E-state index contributed by atoms with van der Waals surface area (Å²) in [5.74, 6) is 0.585. The zero-order valence-electron chi connectivity index (χ0n) is 14.1. The first kappa shape index (κ1) is 19.9. The molecular formula is C18H18Cl2N2O4. The van der Waals surface area contributed by atoms with Crippen molar-refractivity contribution in [3.63, 3.8) is 0 Å². The molecule has 0 aromatic heterocycles. The summed E-state index contributed by atoms with van der Waals surface area (Å²) in [5, 5.41) is 6.12. The third-order valence-corrected chi connectivity index (χ3v) is 4.08. The Balaban J connectivity index is 1.66. The fourth-order valence-corrected chi connectivity index (χ4v) is 2.28. The van der Waals surface area contributed by atoms with Crippen LogP contribution in [0.5, 0.6) is 11.5 Å². The van der Waals surface area contributed by atoms with Gasteiger partial charge in [0.05, 0.1) is 17.2 Å². The van der Waals surface area contributed by atoms with Gasteiger partial charge < -0.3 is 20.1 Å². The van der Waals surface area contributed by atoms with Crippen molar-refractivity contribution in [2.45, 2.75) is 0 Å². The van der Waals surface area contributed by atoms with Crippen molar-refractivity contribution in [3.05, 3.63) is 58.1 Å². The van der Waals surface area contributed by atoms with Crippen LogP contribution in [0, 0.1) is 0 Å². The maximum atomic E-state index is 11.9. The number of carbonyl (C=O) groups excluding carboxylic acids is 2. The van der Waals surface area contributed by atoms with Gasteiger partial charge in [-0.15, -0.1) is 0 Å². The molecule has 0 spiro atoms. The lowest BCUT2D eigenvalue weighted by Crippen LogP contribution is -2.36. The van der Waals surface area contributed by atoms with Crippen LogP contribution in [0.1, 0.15) is 10.4 Å². The Labute approximate surface area is 161 Å². The van der Waals surface area contributed by atoms with Gasteiger partial charge in [0.25, 0.3) is 11.8 Å². The van der Waals surface area contributed by atoms with E-state index >= 15 is 0 Å². The number of rotatable bonds is 8. The Morgan fingerprint density at radius 3 is 2.23 bits per heavy atom. The lowest BCUT2D eigenvalue weighted by atomic mass is 10.2. The van der Waals surface area contributed by atoms with Gasteiger partial charge in [-0.25, -0.2) is 0 Å². The maximum Gasteiger partial charge on any atom is 0.258 e. The molecule has 2 aromatic carbocycles. The normalized spacial score (nSPS) is 10.1. The second-order valence-electron chi connectivity index (χ2n) is 5.20. The van der Waals surface area contributed by atoms with Gasteiger partial charge in [0.1, 0.15) is 11.5 Å². The average Bonchev–Trinajstić information content (AvgIpc) is 2.66. The van der Waals surface area contributed by atoms with E-state index in [0.29, 0.717) is 33.7 Å². The molecule has 0 fully saturated rings. The Kier molecular flexibility index (Phi) is 7.56. The van der Waals surface area contributed by atoms with Crippen molar-refractivity contribution >= 4 is 35.0 Å². The third kappa shape index (κ3) is 6.13. The number of carbonyl (C=O) groups is 2. The van der Waals surface area contributed by atoms with Crippen LogP contribution >= 0.6 is 23.2 Å². The van der Waals surface area contributed by atoms with Crippen LogP contribution in [-0.4, -0.2) is 38.6 Å². The molecule has 2 rings (SSSR count). The van der Waals surface area contributed by atoms with Gasteiger partial charge in [0, 0.05) is 24.7 Å². The van der Waals surface area contributed by atoms with Crippen LogP contribution < -0.4 is 20.1 Å². The Hall–Kier alpha value is -2.44. The number of nitrogens with one attached hydrogen (secondary N) is 2. The van der Waals surface area contributed by atoms with E-state index in [1.54, 1.807) is 43.5 Å². The first-order valence-corrected chi connectivity index (χ1v) is 8.52. The average molecular weight is 397 g/mol. The summed E-state index contributed by atoms with van der Waals surface area (Å²) in [6, 6.07) is 11.5. The van der Waals surface area contributed by atoms with Crippen LogP contribution in [0.25, 0.3) is 0 Å². The number of hydrogen-bond acceptors (Lipinski definition) is 4. The number of hydrogen-bond donors (Lipinski definition) is 2. The second-order valence-corrected chi connectivity index (χ2v) is 6.01. The summed E-state index contributed by atoms with van der Waals surface area (Å²) >= 11 is 11.7. The summed E-state index contributed by atoms with van der Waals surface area (Å²) < 4.78 is 10.4. The minimum absolute atomic E-state index is 0.162. The van der Waals surface area contributed by atoms with Crippen molar-refractivity contribution in [1.29, 1.82) is 0 Å². The van der Waals surface area contributed by atoms with E-state index < -0.39 is 0 Å². The molecule has 0 bridgehead atoms. The molecule has 0 radical (unpaired) electrons. The zero-order chi connectivity index (χ0) is 18.9. The predicted octanol–water partition coefficient (Wildman–Crippen LogP) is 2.93. The fourth-order valence-electron chi connectivity index (χ4n) is 1.99. The molecule has 0 aliphatic carbocycles. The van der Waals surface area contributed by atoms with Crippen LogP contribution in [0.15, 0.2) is 42.5 Å². The van der Waals surface area contributed by atoms with Crippen molar-refractivity contribution < 1.29 is 19.1 Å². The maximum absolute atomic E-state index is 11.9. The van der Waals surface area contributed by atoms with E-state index in [1.807, 2.05) is 0 Å².